The van der Waals surface area contributed by atoms with Gasteiger partial charge in [0.2, 0.25) is 0 Å². The van der Waals surface area contributed by atoms with Crippen molar-refractivity contribution in [3.8, 4) is 11.5 Å². The molecule has 5 nitrogen and oxygen atoms in total. The summed E-state index contributed by atoms with van der Waals surface area (Å²) < 4.78 is 46.8. The Bertz CT molecular complexity index is 722. The number of methoxy groups -OCH3 is 1. The maximum absolute atomic E-state index is 12.8. The average molecular weight is 355 g/mol. The van der Waals surface area contributed by atoms with Gasteiger partial charge in [-0.05, 0) is 35.9 Å². The second-order valence-electron chi connectivity index (χ2n) is 5.02. The van der Waals surface area contributed by atoms with E-state index in [1.807, 2.05) is 0 Å². The summed E-state index contributed by atoms with van der Waals surface area (Å²) in [6.07, 6.45) is -1.04. The number of aliphatic hydroxyl groups is 1. The number of rotatable bonds is 7. The van der Waals surface area contributed by atoms with E-state index in [0.717, 1.165) is 6.07 Å². The Morgan fingerprint density at radius 3 is 2.44 bits per heavy atom. The Balaban J connectivity index is 2.03. The number of hydrogen-bond donors (Lipinski definition) is 2. The van der Waals surface area contributed by atoms with Crippen molar-refractivity contribution in [2.45, 2.75) is 12.7 Å². The number of ether oxygens (including phenoxy) is 2. The number of benzene rings is 2. The number of carbonyl (C=O) groups is 1. The molecule has 8 heteroatoms. The van der Waals surface area contributed by atoms with E-state index < -0.39 is 24.4 Å². The van der Waals surface area contributed by atoms with Gasteiger partial charge in [-0.2, -0.15) is 8.78 Å². The highest BCUT2D eigenvalue weighted by Gasteiger charge is 2.16. The molecule has 0 radical (unpaired) electrons. The molecular weight excluding hydrogens is 339 g/mol. The molecule has 0 aliphatic carbocycles. The van der Waals surface area contributed by atoms with Crippen LogP contribution in [-0.2, 0) is 0 Å². The van der Waals surface area contributed by atoms with Gasteiger partial charge >= 0.3 is 6.61 Å². The third-order valence-corrected chi connectivity index (χ3v) is 3.35. The largest absolute Gasteiger partial charge is 0.493 e. The first-order valence-electron chi connectivity index (χ1n) is 7.25. The fourth-order valence-electron chi connectivity index (χ4n) is 2.10. The predicted octanol–water partition coefficient (Wildman–Crippen LogP) is 2.90. The van der Waals surface area contributed by atoms with Gasteiger partial charge in [0, 0.05) is 12.1 Å². The van der Waals surface area contributed by atoms with Crippen LogP contribution in [0, 0.1) is 5.82 Å². The number of hydrogen-bond acceptors (Lipinski definition) is 4. The molecule has 1 unspecified atom stereocenters. The van der Waals surface area contributed by atoms with E-state index in [4.69, 9.17) is 4.74 Å². The van der Waals surface area contributed by atoms with E-state index in [2.05, 4.69) is 10.1 Å². The smallest absolute Gasteiger partial charge is 0.387 e. The standard InChI is InChI=1S/C17H16F3NO4/c1-24-14-7-4-11(8-15(14)25-17(19)20)16(23)21-9-13(22)10-2-5-12(18)6-3-10/h2-8,13,17,22H,9H2,1H3,(H,21,23). The molecule has 0 aliphatic heterocycles. The van der Waals surface area contributed by atoms with Crippen molar-refractivity contribution in [2.75, 3.05) is 13.7 Å². The van der Waals surface area contributed by atoms with E-state index in [0.29, 0.717) is 5.56 Å². The van der Waals surface area contributed by atoms with Gasteiger partial charge in [0.15, 0.2) is 11.5 Å². The number of alkyl halides is 2. The highest BCUT2D eigenvalue weighted by atomic mass is 19.3. The van der Waals surface area contributed by atoms with Crippen LogP contribution in [0.3, 0.4) is 0 Å². The highest BCUT2D eigenvalue weighted by Crippen LogP contribution is 2.29. The predicted molar refractivity (Wildman–Crippen MR) is 83.3 cm³/mol. The van der Waals surface area contributed by atoms with E-state index in [-0.39, 0.29) is 23.6 Å². The summed E-state index contributed by atoms with van der Waals surface area (Å²) in [7, 11) is 1.28. The molecule has 0 spiro atoms. The Morgan fingerprint density at radius 1 is 1.16 bits per heavy atom. The Labute approximate surface area is 142 Å². The van der Waals surface area contributed by atoms with Crippen LogP contribution in [0.1, 0.15) is 22.0 Å². The second kappa shape index (κ2) is 8.39. The van der Waals surface area contributed by atoms with Gasteiger partial charge in [0.1, 0.15) is 5.82 Å². The summed E-state index contributed by atoms with van der Waals surface area (Å²) in [4.78, 5) is 12.1. The molecule has 134 valence electrons. The second-order valence-corrected chi connectivity index (χ2v) is 5.02. The third-order valence-electron chi connectivity index (χ3n) is 3.35. The van der Waals surface area contributed by atoms with Crippen LogP contribution in [0.2, 0.25) is 0 Å². The van der Waals surface area contributed by atoms with Crippen LogP contribution in [0.5, 0.6) is 11.5 Å². The normalized spacial score (nSPS) is 11.9. The third kappa shape index (κ3) is 5.12. The zero-order chi connectivity index (χ0) is 18.4. The lowest BCUT2D eigenvalue weighted by molar-refractivity contribution is -0.0512. The minimum absolute atomic E-state index is 0.0581. The number of halogens is 3. The summed E-state index contributed by atoms with van der Waals surface area (Å²) in [6.45, 7) is -3.20. The SMILES string of the molecule is COc1ccc(C(=O)NCC(O)c2ccc(F)cc2)cc1OC(F)F. The molecule has 2 aromatic rings. The van der Waals surface area contributed by atoms with Crippen molar-refractivity contribution in [3.63, 3.8) is 0 Å². The molecule has 0 aromatic heterocycles. The van der Waals surface area contributed by atoms with Gasteiger partial charge in [-0.1, -0.05) is 12.1 Å². The number of aliphatic hydroxyl groups excluding tert-OH is 1. The fourth-order valence-corrected chi connectivity index (χ4v) is 2.10. The van der Waals surface area contributed by atoms with Crippen LogP contribution in [0.25, 0.3) is 0 Å². The molecule has 2 rings (SSSR count). The molecule has 25 heavy (non-hydrogen) atoms. The van der Waals surface area contributed by atoms with Crippen LogP contribution >= 0.6 is 0 Å². The van der Waals surface area contributed by atoms with Crippen LogP contribution in [0.4, 0.5) is 13.2 Å². The van der Waals surface area contributed by atoms with E-state index in [1.54, 1.807) is 0 Å². The topological polar surface area (TPSA) is 67.8 Å². The lowest BCUT2D eigenvalue weighted by Crippen LogP contribution is -2.28. The number of carbonyl (C=O) groups excluding carboxylic acids is 1. The number of amides is 1. The maximum Gasteiger partial charge on any atom is 0.387 e. The van der Waals surface area contributed by atoms with Crippen LogP contribution in [-0.4, -0.2) is 31.3 Å². The molecule has 1 amide bonds. The summed E-state index contributed by atoms with van der Waals surface area (Å²) in [5.74, 6) is -1.25. The summed E-state index contributed by atoms with van der Waals surface area (Å²) in [5.41, 5.74) is 0.487. The minimum atomic E-state index is -3.06. The quantitative estimate of drug-likeness (QED) is 0.801. The molecule has 0 heterocycles. The van der Waals surface area contributed by atoms with Crippen molar-refractivity contribution >= 4 is 5.91 Å². The lowest BCUT2D eigenvalue weighted by atomic mass is 10.1. The fraction of sp³-hybridized carbons (Fsp3) is 0.235. The molecule has 0 fully saturated rings. The van der Waals surface area contributed by atoms with Crippen LogP contribution < -0.4 is 14.8 Å². The minimum Gasteiger partial charge on any atom is -0.493 e. The summed E-state index contributed by atoms with van der Waals surface area (Å²) in [5, 5.41) is 12.4. The molecule has 0 aliphatic rings. The molecule has 1 atom stereocenters. The summed E-state index contributed by atoms with van der Waals surface area (Å²) >= 11 is 0. The van der Waals surface area contributed by atoms with E-state index >= 15 is 0 Å². The van der Waals surface area contributed by atoms with Crippen molar-refractivity contribution in [1.29, 1.82) is 0 Å². The molecule has 0 saturated carbocycles. The highest BCUT2D eigenvalue weighted by molar-refractivity contribution is 5.94. The van der Waals surface area contributed by atoms with E-state index in [1.165, 1.54) is 43.5 Å². The Hall–Kier alpha value is -2.74. The van der Waals surface area contributed by atoms with Gasteiger partial charge in [-0.25, -0.2) is 4.39 Å². The van der Waals surface area contributed by atoms with Gasteiger partial charge in [0.05, 0.1) is 13.2 Å². The molecule has 2 aromatic carbocycles. The number of nitrogens with one attached hydrogen (secondary N) is 1. The van der Waals surface area contributed by atoms with Gasteiger partial charge in [-0.15, -0.1) is 0 Å². The Morgan fingerprint density at radius 2 is 1.84 bits per heavy atom. The molecule has 0 saturated heterocycles. The Kier molecular flexibility index (Phi) is 6.24. The molecular formula is C17H16F3NO4. The molecule has 0 bridgehead atoms. The zero-order valence-electron chi connectivity index (χ0n) is 13.2. The van der Waals surface area contributed by atoms with Gasteiger partial charge in [-0.3, -0.25) is 4.79 Å². The first-order valence-corrected chi connectivity index (χ1v) is 7.25. The van der Waals surface area contributed by atoms with Crippen molar-refractivity contribution in [2.24, 2.45) is 0 Å². The van der Waals surface area contributed by atoms with Crippen LogP contribution in [0.15, 0.2) is 42.5 Å². The monoisotopic (exact) mass is 355 g/mol. The van der Waals surface area contributed by atoms with Gasteiger partial charge < -0.3 is 19.9 Å². The van der Waals surface area contributed by atoms with Crippen molar-refractivity contribution < 1.29 is 32.5 Å². The van der Waals surface area contributed by atoms with Gasteiger partial charge in [0.25, 0.3) is 5.91 Å². The first-order chi connectivity index (χ1) is 11.9. The zero-order valence-corrected chi connectivity index (χ0v) is 13.2. The van der Waals surface area contributed by atoms with Crippen molar-refractivity contribution in [1.82, 2.24) is 5.32 Å². The molecule has 2 N–H and O–H groups in total. The summed E-state index contributed by atoms with van der Waals surface area (Å²) in [6, 6.07) is 8.99. The lowest BCUT2D eigenvalue weighted by Gasteiger charge is -2.14. The van der Waals surface area contributed by atoms with E-state index in [9.17, 15) is 23.1 Å². The maximum atomic E-state index is 12.8. The first kappa shape index (κ1) is 18.6. The van der Waals surface area contributed by atoms with Crippen molar-refractivity contribution in [3.05, 3.63) is 59.4 Å². The average Bonchev–Trinajstić information content (AvgIpc) is 2.59.